The smallest absolute Gasteiger partial charge is 0.309 e. The second-order valence-corrected chi connectivity index (χ2v) is 12.0. The first-order valence-corrected chi connectivity index (χ1v) is 13.6. The number of aromatic nitrogens is 2. The number of carboxylic acid groups (broad SMARTS) is 1. The zero-order valence-corrected chi connectivity index (χ0v) is 22.6. The molecule has 1 aromatic carbocycles. The summed E-state index contributed by atoms with van der Waals surface area (Å²) in [6, 6.07) is 6.62. The fourth-order valence-corrected chi connectivity index (χ4v) is 6.54. The monoisotopic (exact) mass is 511 g/mol. The number of nitrogens with zero attached hydrogens (tertiary/aromatic N) is 4. The Balaban J connectivity index is 1.17. The standard InChI is InChI=1S/C28H38ClN5O2/c1-17-7-8-23(24(29)10-17)19(3)31-25-18(2)13-30-27(32-25)34-15-21(16-34)20-6-5-9-33(14-20)22-11-28(4,12-22)26(35)36/h7-8,10,13,19-22H,5-6,9,11-12,14-16H2,1-4H3,(H,35,36)(H,30,31,32)/t19-,20+,22?,28?/m1/s1. The zero-order valence-electron chi connectivity index (χ0n) is 21.8. The summed E-state index contributed by atoms with van der Waals surface area (Å²) in [7, 11) is 0. The summed E-state index contributed by atoms with van der Waals surface area (Å²) >= 11 is 6.49. The summed E-state index contributed by atoms with van der Waals surface area (Å²) in [5, 5.41) is 13.8. The predicted octanol–water partition coefficient (Wildman–Crippen LogP) is 5.32. The van der Waals surface area contributed by atoms with E-state index in [4.69, 9.17) is 16.6 Å². The van der Waals surface area contributed by atoms with Gasteiger partial charge in [0.25, 0.3) is 0 Å². The summed E-state index contributed by atoms with van der Waals surface area (Å²) in [5.74, 6) is 2.29. The number of anilines is 2. The van der Waals surface area contributed by atoms with Crippen molar-refractivity contribution in [1.29, 1.82) is 0 Å². The van der Waals surface area contributed by atoms with Gasteiger partial charge in [-0.15, -0.1) is 0 Å². The van der Waals surface area contributed by atoms with Crippen molar-refractivity contribution in [3.8, 4) is 0 Å². The molecule has 0 radical (unpaired) electrons. The Bertz CT molecular complexity index is 1130. The molecule has 1 aliphatic carbocycles. The predicted molar refractivity (Wildman–Crippen MR) is 144 cm³/mol. The van der Waals surface area contributed by atoms with Crippen LogP contribution in [0.5, 0.6) is 0 Å². The Kier molecular flexibility index (Phi) is 6.90. The lowest BCUT2D eigenvalue weighted by Crippen LogP contribution is -2.58. The normalized spacial score (nSPS) is 27.8. The molecule has 1 saturated carbocycles. The maximum Gasteiger partial charge on any atom is 0.309 e. The maximum atomic E-state index is 11.5. The molecule has 0 unspecified atom stereocenters. The number of carboxylic acids is 1. The molecule has 0 bridgehead atoms. The van der Waals surface area contributed by atoms with Crippen molar-refractivity contribution in [2.24, 2.45) is 17.3 Å². The van der Waals surface area contributed by atoms with Gasteiger partial charge in [0.1, 0.15) is 5.82 Å². The first-order chi connectivity index (χ1) is 17.1. The van der Waals surface area contributed by atoms with Gasteiger partial charge in [-0.3, -0.25) is 4.79 Å². The van der Waals surface area contributed by atoms with Crippen LogP contribution < -0.4 is 10.2 Å². The van der Waals surface area contributed by atoms with Crippen LogP contribution in [0.15, 0.2) is 24.4 Å². The molecule has 36 heavy (non-hydrogen) atoms. The minimum atomic E-state index is -0.648. The Morgan fingerprint density at radius 1 is 1.22 bits per heavy atom. The van der Waals surface area contributed by atoms with E-state index >= 15 is 0 Å². The third-order valence-electron chi connectivity index (χ3n) is 8.69. The van der Waals surface area contributed by atoms with Gasteiger partial charge in [-0.05, 0) is 89.0 Å². The number of nitrogens with one attached hydrogen (secondary N) is 1. The molecule has 1 aromatic heterocycles. The van der Waals surface area contributed by atoms with Gasteiger partial charge >= 0.3 is 5.97 Å². The van der Waals surface area contributed by atoms with Crippen molar-refractivity contribution in [1.82, 2.24) is 14.9 Å². The van der Waals surface area contributed by atoms with Crippen LogP contribution >= 0.6 is 11.6 Å². The van der Waals surface area contributed by atoms with Crippen molar-refractivity contribution >= 4 is 29.3 Å². The van der Waals surface area contributed by atoms with Crippen molar-refractivity contribution in [3.05, 3.63) is 46.1 Å². The lowest BCUT2D eigenvalue weighted by Gasteiger charge is -2.52. The number of hydrogen-bond donors (Lipinski definition) is 2. The Labute approximate surface area is 219 Å². The second-order valence-electron chi connectivity index (χ2n) is 11.6. The van der Waals surface area contributed by atoms with E-state index in [0.29, 0.717) is 17.9 Å². The molecule has 8 heteroatoms. The molecule has 5 rings (SSSR count). The lowest BCUT2D eigenvalue weighted by atomic mass is 9.65. The van der Waals surface area contributed by atoms with Gasteiger partial charge in [0.05, 0.1) is 11.5 Å². The van der Waals surface area contributed by atoms with Gasteiger partial charge in [0.15, 0.2) is 0 Å². The SMILES string of the molecule is Cc1ccc([C@@H](C)Nc2nc(N3CC([C@H]4CCCN(C5CC(C)(C(=O)O)C5)C4)C3)ncc2C)c(Cl)c1. The van der Waals surface area contributed by atoms with Gasteiger partial charge in [-0.2, -0.15) is 4.98 Å². The first-order valence-electron chi connectivity index (χ1n) is 13.2. The van der Waals surface area contributed by atoms with E-state index in [1.165, 1.54) is 12.8 Å². The highest BCUT2D eigenvalue weighted by molar-refractivity contribution is 6.31. The van der Waals surface area contributed by atoms with Crippen LogP contribution in [0.3, 0.4) is 0 Å². The van der Waals surface area contributed by atoms with E-state index in [-0.39, 0.29) is 6.04 Å². The van der Waals surface area contributed by atoms with Gasteiger partial charge in [-0.25, -0.2) is 4.98 Å². The lowest BCUT2D eigenvalue weighted by molar-refractivity contribution is -0.158. The van der Waals surface area contributed by atoms with E-state index in [2.05, 4.69) is 39.2 Å². The number of piperidine rings is 1. The minimum Gasteiger partial charge on any atom is -0.481 e. The molecule has 2 aromatic rings. The minimum absolute atomic E-state index is 0.0337. The highest BCUT2D eigenvalue weighted by Gasteiger charge is 2.49. The van der Waals surface area contributed by atoms with Crippen LogP contribution in [0.1, 0.15) is 62.3 Å². The molecular weight excluding hydrogens is 474 g/mol. The van der Waals surface area contributed by atoms with Crippen LogP contribution in [0, 0.1) is 31.1 Å². The number of likely N-dealkylation sites (tertiary alicyclic amines) is 1. The molecular formula is C28H38ClN5O2. The number of hydrogen-bond acceptors (Lipinski definition) is 6. The Morgan fingerprint density at radius 2 is 1.97 bits per heavy atom. The molecule has 194 valence electrons. The molecule has 2 atom stereocenters. The van der Waals surface area contributed by atoms with Crippen LogP contribution in [0.4, 0.5) is 11.8 Å². The maximum absolute atomic E-state index is 11.5. The molecule has 2 aliphatic heterocycles. The number of halogens is 1. The van der Waals surface area contributed by atoms with Crippen molar-refractivity contribution < 1.29 is 9.90 Å². The number of benzene rings is 1. The quantitative estimate of drug-likeness (QED) is 0.520. The first kappa shape index (κ1) is 25.3. The average Bonchev–Trinajstić information content (AvgIpc) is 2.78. The summed E-state index contributed by atoms with van der Waals surface area (Å²) in [4.78, 5) is 25.8. The molecule has 7 nitrogen and oxygen atoms in total. The van der Waals surface area contributed by atoms with Crippen molar-refractivity contribution in [2.75, 3.05) is 36.4 Å². The van der Waals surface area contributed by atoms with E-state index in [0.717, 1.165) is 72.5 Å². The van der Waals surface area contributed by atoms with Crippen molar-refractivity contribution in [2.45, 2.75) is 65.5 Å². The number of carbonyl (C=O) groups is 1. The van der Waals surface area contributed by atoms with Crippen LogP contribution in [0.2, 0.25) is 5.02 Å². The molecule has 3 aliphatic rings. The summed E-state index contributed by atoms with van der Waals surface area (Å²) in [6.45, 7) is 12.2. The third-order valence-corrected chi connectivity index (χ3v) is 9.02. The molecule has 2 saturated heterocycles. The molecule has 2 N–H and O–H groups in total. The molecule has 0 spiro atoms. The van der Waals surface area contributed by atoms with Crippen molar-refractivity contribution in [3.63, 3.8) is 0 Å². The topological polar surface area (TPSA) is 81.6 Å². The molecule has 3 fully saturated rings. The van der Waals surface area contributed by atoms with Gasteiger partial charge < -0.3 is 20.2 Å². The fraction of sp³-hybridized carbons (Fsp3) is 0.607. The van der Waals surface area contributed by atoms with E-state index in [1.807, 2.05) is 33.0 Å². The van der Waals surface area contributed by atoms with Gasteiger partial charge in [0, 0.05) is 42.5 Å². The van der Waals surface area contributed by atoms with Crippen LogP contribution in [-0.2, 0) is 4.79 Å². The Morgan fingerprint density at radius 3 is 2.67 bits per heavy atom. The number of aryl methyl sites for hydroxylation is 2. The van der Waals surface area contributed by atoms with Crippen LogP contribution in [0.25, 0.3) is 0 Å². The largest absolute Gasteiger partial charge is 0.481 e. The summed E-state index contributed by atoms with van der Waals surface area (Å²) < 4.78 is 0. The molecule has 3 heterocycles. The molecule has 0 amide bonds. The Hall–Kier alpha value is -2.38. The van der Waals surface area contributed by atoms with Crippen LogP contribution in [-0.4, -0.2) is 58.2 Å². The van der Waals surface area contributed by atoms with E-state index in [1.54, 1.807) is 0 Å². The fourth-order valence-electron chi connectivity index (χ4n) is 6.14. The van der Waals surface area contributed by atoms with Gasteiger partial charge in [-0.1, -0.05) is 23.7 Å². The third kappa shape index (κ3) is 4.92. The number of rotatable bonds is 7. The summed E-state index contributed by atoms with van der Waals surface area (Å²) in [5.41, 5.74) is 2.70. The zero-order chi connectivity index (χ0) is 25.6. The van der Waals surface area contributed by atoms with E-state index in [9.17, 15) is 9.90 Å². The summed E-state index contributed by atoms with van der Waals surface area (Å²) in [6.07, 6.45) is 5.93. The highest BCUT2D eigenvalue weighted by Crippen LogP contribution is 2.45. The van der Waals surface area contributed by atoms with E-state index < -0.39 is 11.4 Å². The second kappa shape index (κ2) is 9.82. The number of aliphatic carboxylic acids is 1. The van der Waals surface area contributed by atoms with Gasteiger partial charge in [0.2, 0.25) is 5.95 Å². The average molecular weight is 512 g/mol. The highest BCUT2D eigenvalue weighted by atomic mass is 35.5.